The first kappa shape index (κ1) is 11.9. The van der Waals surface area contributed by atoms with Crippen LogP contribution in [0.15, 0.2) is 10.5 Å². The van der Waals surface area contributed by atoms with E-state index in [0.717, 1.165) is 6.07 Å². The minimum atomic E-state index is -2.84. The molecule has 0 aromatic carbocycles. The van der Waals surface area contributed by atoms with Crippen molar-refractivity contribution in [2.24, 2.45) is 0 Å². The molecule has 0 bridgehead atoms. The van der Waals surface area contributed by atoms with Crippen LogP contribution in [-0.2, 0) is 6.61 Å². The molecule has 0 fully saturated rings. The van der Waals surface area contributed by atoms with Gasteiger partial charge in [0.05, 0.1) is 5.56 Å². The van der Waals surface area contributed by atoms with Crippen molar-refractivity contribution in [1.29, 1.82) is 0 Å². The highest BCUT2D eigenvalue weighted by Crippen LogP contribution is 2.30. The Labute approximate surface area is 91.0 Å². The van der Waals surface area contributed by atoms with Crippen molar-refractivity contribution >= 4 is 21.7 Å². The predicted octanol–water partition coefficient (Wildman–Crippen LogP) is 2.18. The van der Waals surface area contributed by atoms with Crippen LogP contribution in [0.5, 0.6) is 0 Å². The molecule has 1 aromatic rings. The molecule has 5 nitrogen and oxygen atoms in total. The first-order valence-electron chi connectivity index (χ1n) is 3.70. The molecule has 0 unspecified atom stereocenters. The number of nitrogens with zero attached hydrogens (tertiary/aromatic N) is 2. The van der Waals surface area contributed by atoms with E-state index in [9.17, 15) is 18.9 Å². The normalized spacial score (nSPS) is 10.7. The third-order valence-corrected chi connectivity index (χ3v) is 2.21. The number of aliphatic hydroxyl groups excluding tert-OH is 1. The summed E-state index contributed by atoms with van der Waals surface area (Å²) in [6.45, 7) is -0.770. The van der Waals surface area contributed by atoms with Gasteiger partial charge in [-0.3, -0.25) is 0 Å². The molecule has 1 rings (SSSR count). The Morgan fingerprint density at radius 1 is 1.67 bits per heavy atom. The topological polar surface area (TPSA) is 76.3 Å². The molecule has 0 aliphatic rings. The van der Waals surface area contributed by atoms with Crippen LogP contribution >= 0.6 is 15.9 Å². The van der Waals surface area contributed by atoms with Crippen molar-refractivity contribution in [1.82, 2.24) is 4.98 Å². The molecule has 15 heavy (non-hydrogen) atoms. The molecular formula is C7H5BrF2N2O3. The van der Waals surface area contributed by atoms with Crippen LogP contribution < -0.4 is 0 Å². The Morgan fingerprint density at radius 2 is 2.27 bits per heavy atom. The number of halogens is 3. The predicted molar refractivity (Wildman–Crippen MR) is 49.5 cm³/mol. The maximum Gasteiger partial charge on any atom is 0.378 e. The van der Waals surface area contributed by atoms with E-state index in [2.05, 4.69) is 20.9 Å². The summed E-state index contributed by atoms with van der Waals surface area (Å²) in [5.74, 6) is -0.594. The van der Waals surface area contributed by atoms with Gasteiger partial charge in [0.1, 0.15) is 11.1 Å². The number of aromatic nitrogens is 1. The molecule has 1 N–H and O–H groups in total. The van der Waals surface area contributed by atoms with E-state index in [4.69, 9.17) is 5.11 Å². The summed E-state index contributed by atoms with van der Waals surface area (Å²) in [6.07, 6.45) is -2.84. The number of aliphatic hydroxyl groups is 1. The van der Waals surface area contributed by atoms with Crippen molar-refractivity contribution in [3.8, 4) is 0 Å². The molecule has 0 saturated heterocycles. The number of hydrogen-bond acceptors (Lipinski definition) is 4. The van der Waals surface area contributed by atoms with Crippen LogP contribution in [0.4, 0.5) is 14.6 Å². The van der Waals surface area contributed by atoms with Gasteiger partial charge < -0.3 is 15.2 Å². The Bertz CT molecular complexity index is 400. The van der Waals surface area contributed by atoms with Gasteiger partial charge in [-0.15, -0.1) is 0 Å². The molecule has 0 spiro atoms. The molecule has 0 atom stereocenters. The number of hydrogen-bond donors (Lipinski definition) is 1. The lowest BCUT2D eigenvalue weighted by molar-refractivity contribution is -0.390. The highest BCUT2D eigenvalue weighted by Gasteiger charge is 2.24. The highest BCUT2D eigenvalue weighted by atomic mass is 79.9. The lowest BCUT2D eigenvalue weighted by Crippen LogP contribution is -2.03. The quantitative estimate of drug-likeness (QED) is 0.681. The molecule has 82 valence electrons. The lowest BCUT2D eigenvalue weighted by atomic mass is 10.2. The fourth-order valence-electron chi connectivity index (χ4n) is 0.974. The van der Waals surface area contributed by atoms with Crippen molar-refractivity contribution in [3.05, 3.63) is 31.9 Å². The second-order valence-electron chi connectivity index (χ2n) is 2.55. The molecule has 8 heteroatoms. The zero-order valence-corrected chi connectivity index (χ0v) is 8.74. The number of alkyl halides is 2. The molecule has 1 heterocycles. The summed E-state index contributed by atoms with van der Waals surface area (Å²) >= 11 is 2.76. The number of nitro groups is 1. The van der Waals surface area contributed by atoms with Gasteiger partial charge in [-0.05, 0) is 31.9 Å². The average Bonchev–Trinajstić information content (AvgIpc) is 2.16. The molecule has 0 saturated carbocycles. The van der Waals surface area contributed by atoms with Crippen molar-refractivity contribution < 1.29 is 18.8 Å². The first-order chi connectivity index (χ1) is 6.97. The van der Waals surface area contributed by atoms with E-state index in [1.165, 1.54) is 0 Å². The van der Waals surface area contributed by atoms with Gasteiger partial charge in [0, 0.05) is 0 Å². The van der Waals surface area contributed by atoms with E-state index >= 15 is 0 Å². The SMILES string of the molecule is O=[N+]([O-])c1nc(CO)c(C(F)F)cc1Br. The second kappa shape index (κ2) is 4.58. The fraction of sp³-hybridized carbons (Fsp3) is 0.286. The summed E-state index contributed by atoms with van der Waals surface area (Å²) < 4.78 is 24.6. The highest BCUT2D eigenvalue weighted by molar-refractivity contribution is 9.10. The van der Waals surface area contributed by atoms with Crippen molar-refractivity contribution in [2.45, 2.75) is 13.0 Å². The number of rotatable bonds is 3. The van der Waals surface area contributed by atoms with E-state index in [-0.39, 0.29) is 10.2 Å². The monoisotopic (exact) mass is 282 g/mol. The minimum Gasteiger partial charge on any atom is -0.388 e. The van der Waals surface area contributed by atoms with Crippen LogP contribution in [0.1, 0.15) is 17.7 Å². The number of pyridine rings is 1. The maximum atomic E-state index is 12.4. The minimum absolute atomic E-state index is 0.139. The molecule has 0 aliphatic heterocycles. The van der Waals surface area contributed by atoms with Gasteiger partial charge >= 0.3 is 5.82 Å². The first-order valence-corrected chi connectivity index (χ1v) is 4.49. The van der Waals surface area contributed by atoms with E-state index < -0.39 is 29.3 Å². The van der Waals surface area contributed by atoms with Gasteiger partial charge in [0.25, 0.3) is 6.43 Å². The standard InChI is InChI=1S/C7H5BrF2N2O3/c8-4-1-3(6(9)10)5(2-13)11-7(4)12(14)15/h1,6,13H,2H2. The Hall–Kier alpha value is -1.15. The van der Waals surface area contributed by atoms with E-state index in [1.807, 2.05) is 0 Å². The molecular weight excluding hydrogens is 278 g/mol. The summed E-state index contributed by atoms with van der Waals surface area (Å²) in [7, 11) is 0. The summed E-state index contributed by atoms with van der Waals surface area (Å²) in [6, 6.07) is 0.890. The molecule has 0 amide bonds. The third-order valence-electron chi connectivity index (χ3n) is 1.63. The molecule has 0 aliphatic carbocycles. The van der Waals surface area contributed by atoms with Gasteiger partial charge in [0.2, 0.25) is 0 Å². The van der Waals surface area contributed by atoms with Crippen LogP contribution in [0.3, 0.4) is 0 Å². The fourth-order valence-corrected chi connectivity index (χ4v) is 1.45. The maximum absolute atomic E-state index is 12.4. The van der Waals surface area contributed by atoms with Gasteiger partial charge in [-0.25, -0.2) is 8.78 Å². The van der Waals surface area contributed by atoms with Gasteiger partial charge in [-0.2, -0.15) is 0 Å². The Morgan fingerprint density at radius 3 is 2.67 bits per heavy atom. The van der Waals surface area contributed by atoms with E-state index in [1.54, 1.807) is 0 Å². The zero-order chi connectivity index (χ0) is 11.6. The van der Waals surface area contributed by atoms with Gasteiger partial charge in [0.15, 0.2) is 5.69 Å². The summed E-state index contributed by atoms with van der Waals surface area (Å²) in [5, 5.41) is 19.1. The van der Waals surface area contributed by atoms with E-state index in [0.29, 0.717) is 0 Å². The van der Waals surface area contributed by atoms with Crippen molar-refractivity contribution in [2.75, 3.05) is 0 Å². The average molecular weight is 283 g/mol. The zero-order valence-electron chi connectivity index (χ0n) is 7.15. The smallest absolute Gasteiger partial charge is 0.378 e. The third kappa shape index (κ3) is 2.45. The molecule has 1 aromatic heterocycles. The van der Waals surface area contributed by atoms with Crippen molar-refractivity contribution in [3.63, 3.8) is 0 Å². The summed E-state index contributed by atoms with van der Waals surface area (Å²) in [5.41, 5.74) is -0.908. The summed E-state index contributed by atoms with van der Waals surface area (Å²) in [4.78, 5) is 12.9. The van der Waals surface area contributed by atoms with Crippen LogP contribution in [0, 0.1) is 10.1 Å². The Kier molecular flexibility index (Phi) is 3.64. The van der Waals surface area contributed by atoms with Crippen LogP contribution in [-0.4, -0.2) is 15.0 Å². The van der Waals surface area contributed by atoms with Gasteiger partial charge in [-0.1, -0.05) is 0 Å². The molecule has 0 radical (unpaired) electrons. The van der Waals surface area contributed by atoms with Crippen LogP contribution in [0.2, 0.25) is 0 Å². The largest absolute Gasteiger partial charge is 0.388 e. The second-order valence-corrected chi connectivity index (χ2v) is 3.40. The van der Waals surface area contributed by atoms with Crippen LogP contribution in [0.25, 0.3) is 0 Å². The lowest BCUT2D eigenvalue weighted by Gasteiger charge is -2.03. The Balaban J connectivity index is 3.35.